The lowest BCUT2D eigenvalue weighted by atomic mass is 10.1. The molecule has 4 nitrogen and oxygen atoms in total. The first-order chi connectivity index (χ1) is 7.69. The van der Waals surface area contributed by atoms with Crippen LogP contribution in [0.2, 0.25) is 0 Å². The third kappa shape index (κ3) is 3.61. The van der Waals surface area contributed by atoms with Gasteiger partial charge in [0.25, 0.3) is 0 Å². The molecule has 0 fully saturated rings. The van der Waals surface area contributed by atoms with Gasteiger partial charge in [-0.3, -0.25) is 4.79 Å². The number of amides is 1. The van der Waals surface area contributed by atoms with Crippen LogP contribution in [-0.4, -0.2) is 43.7 Å². The second kappa shape index (κ2) is 6.66. The van der Waals surface area contributed by atoms with Crippen LogP contribution in [0.25, 0.3) is 0 Å². The minimum absolute atomic E-state index is 0.0783. The Morgan fingerprint density at radius 2 is 2.44 bits per heavy atom. The smallest absolute Gasteiger partial charge is 0.239 e. The topological polar surface area (TPSA) is 55.6 Å². The van der Waals surface area contributed by atoms with Crippen molar-refractivity contribution < 1.29 is 9.53 Å². The molecule has 0 aromatic rings. The zero-order chi connectivity index (χ0) is 12.0. The predicted octanol–water partition coefficient (Wildman–Crippen LogP) is 0.919. The van der Waals surface area contributed by atoms with E-state index in [1.54, 1.807) is 7.11 Å². The number of nitrogens with zero attached hydrogens (tertiary/aromatic N) is 1. The monoisotopic (exact) mass is 226 g/mol. The van der Waals surface area contributed by atoms with Crippen LogP contribution in [0.1, 0.15) is 26.2 Å². The van der Waals surface area contributed by atoms with Crippen molar-refractivity contribution in [3.63, 3.8) is 0 Å². The predicted molar refractivity (Wildman–Crippen MR) is 64.0 cm³/mol. The molecule has 1 unspecified atom stereocenters. The van der Waals surface area contributed by atoms with E-state index in [1.165, 1.54) is 5.57 Å². The molecule has 2 N–H and O–H groups in total. The van der Waals surface area contributed by atoms with Gasteiger partial charge in [-0.1, -0.05) is 19.4 Å². The summed E-state index contributed by atoms with van der Waals surface area (Å²) in [5.41, 5.74) is 7.09. The highest BCUT2D eigenvalue weighted by Gasteiger charge is 2.21. The quantitative estimate of drug-likeness (QED) is 0.709. The molecule has 4 heteroatoms. The molecule has 1 aliphatic heterocycles. The van der Waals surface area contributed by atoms with Crippen molar-refractivity contribution in [3.8, 4) is 0 Å². The molecular formula is C12H22N2O2. The van der Waals surface area contributed by atoms with E-state index in [1.807, 2.05) is 11.8 Å². The van der Waals surface area contributed by atoms with Crippen LogP contribution in [0.4, 0.5) is 0 Å². The van der Waals surface area contributed by atoms with Crippen molar-refractivity contribution in [2.24, 2.45) is 5.73 Å². The number of ether oxygens (including phenoxy) is 1. The fraction of sp³-hybridized carbons (Fsp3) is 0.750. The molecule has 0 aromatic heterocycles. The van der Waals surface area contributed by atoms with Crippen LogP contribution in [0.3, 0.4) is 0 Å². The van der Waals surface area contributed by atoms with Gasteiger partial charge in [0.2, 0.25) is 5.91 Å². The molecule has 0 saturated heterocycles. The maximum atomic E-state index is 11.9. The first kappa shape index (κ1) is 13.2. The van der Waals surface area contributed by atoms with Gasteiger partial charge in [-0.15, -0.1) is 0 Å². The molecule has 0 radical (unpaired) electrons. The largest absolute Gasteiger partial charge is 0.380 e. The summed E-state index contributed by atoms with van der Waals surface area (Å²) < 4.78 is 5.07. The van der Waals surface area contributed by atoms with E-state index >= 15 is 0 Å². The lowest BCUT2D eigenvalue weighted by molar-refractivity contribution is -0.132. The molecular weight excluding hydrogens is 204 g/mol. The Hall–Kier alpha value is -0.870. The minimum Gasteiger partial charge on any atom is -0.380 e. The number of rotatable bonds is 5. The molecule has 1 amide bonds. The molecule has 1 aliphatic rings. The lowest BCUT2D eigenvalue weighted by Crippen LogP contribution is -2.45. The summed E-state index contributed by atoms with van der Waals surface area (Å²) in [5.74, 6) is 0.0783. The molecule has 0 aliphatic carbocycles. The van der Waals surface area contributed by atoms with Crippen LogP contribution in [-0.2, 0) is 9.53 Å². The third-order valence-corrected chi connectivity index (χ3v) is 2.86. The van der Waals surface area contributed by atoms with Crippen molar-refractivity contribution >= 4 is 5.91 Å². The highest BCUT2D eigenvalue weighted by Crippen LogP contribution is 2.12. The van der Waals surface area contributed by atoms with Crippen molar-refractivity contribution in [2.45, 2.75) is 32.2 Å². The van der Waals surface area contributed by atoms with E-state index in [0.717, 1.165) is 25.8 Å². The average molecular weight is 226 g/mol. The highest BCUT2D eigenvalue weighted by molar-refractivity contribution is 5.81. The summed E-state index contributed by atoms with van der Waals surface area (Å²) in [6, 6.07) is -0.331. The molecule has 0 aromatic carbocycles. The average Bonchev–Trinajstić information content (AvgIpc) is 2.30. The highest BCUT2D eigenvalue weighted by atomic mass is 16.5. The molecule has 0 spiro atoms. The third-order valence-electron chi connectivity index (χ3n) is 2.86. The van der Waals surface area contributed by atoms with Crippen LogP contribution in [0.5, 0.6) is 0 Å². The Morgan fingerprint density at radius 3 is 2.94 bits per heavy atom. The lowest BCUT2D eigenvalue weighted by Gasteiger charge is -2.28. The van der Waals surface area contributed by atoms with E-state index in [0.29, 0.717) is 13.2 Å². The number of carbonyl (C=O) groups excluding carboxylic acids is 1. The van der Waals surface area contributed by atoms with Gasteiger partial charge in [-0.2, -0.15) is 0 Å². The van der Waals surface area contributed by atoms with Crippen molar-refractivity contribution in [1.29, 1.82) is 0 Å². The second-order valence-electron chi connectivity index (χ2n) is 4.22. The Kier molecular flexibility index (Phi) is 5.49. The van der Waals surface area contributed by atoms with Gasteiger partial charge in [0, 0.05) is 20.2 Å². The summed E-state index contributed by atoms with van der Waals surface area (Å²) in [7, 11) is 1.69. The van der Waals surface area contributed by atoms with Crippen molar-refractivity contribution in [2.75, 3.05) is 26.8 Å². The second-order valence-corrected chi connectivity index (χ2v) is 4.22. The summed E-state index contributed by atoms with van der Waals surface area (Å²) >= 11 is 0. The molecule has 0 saturated carbocycles. The summed E-state index contributed by atoms with van der Waals surface area (Å²) in [4.78, 5) is 13.7. The number of methoxy groups -OCH3 is 1. The maximum absolute atomic E-state index is 11.9. The van der Waals surface area contributed by atoms with Gasteiger partial charge in [-0.25, -0.2) is 0 Å². The number of hydrogen-bond acceptors (Lipinski definition) is 3. The molecule has 92 valence electrons. The fourth-order valence-corrected chi connectivity index (χ4v) is 1.90. The summed E-state index contributed by atoms with van der Waals surface area (Å²) in [6.45, 7) is 4.16. The van der Waals surface area contributed by atoms with Crippen LogP contribution >= 0.6 is 0 Å². The first-order valence-electron chi connectivity index (χ1n) is 5.90. The standard InChI is InChI=1S/C12H22N2O2/c1-3-4-11(13)12(15)14-7-5-10(6-8-14)9-16-2/h5,11H,3-4,6-9,13H2,1-2H3. The normalized spacial score (nSPS) is 18.2. The summed E-state index contributed by atoms with van der Waals surface area (Å²) in [6.07, 6.45) is 4.69. The Balaban J connectivity index is 2.43. The van der Waals surface area contributed by atoms with Gasteiger partial charge in [0.15, 0.2) is 0 Å². The van der Waals surface area contributed by atoms with E-state index in [2.05, 4.69) is 6.08 Å². The van der Waals surface area contributed by atoms with Gasteiger partial charge in [0.1, 0.15) is 0 Å². The molecule has 16 heavy (non-hydrogen) atoms. The van der Waals surface area contributed by atoms with Gasteiger partial charge in [-0.05, 0) is 18.4 Å². The number of carbonyl (C=O) groups is 1. The van der Waals surface area contributed by atoms with Gasteiger partial charge < -0.3 is 15.4 Å². The van der Waals surface area contributed by atoms with Crippen LogP contribution in [0, 0.1) is 0 Å². The molecule has 1 rings (SSSR count). The van der Waals surface area contributed by atoms with Crippen molar-refractivity contribution in [3.05, 3.63) is 11.6 Å². The number of nitrogens with two attached hydrogens (primary N) is 1. The van der Waals surface area contributed by atoms with E-state index < -0.39 is 0 Å². The van der Waals surface area contributed by atoms with Crippen LogP contribution < -0.4 is 5.73 Å². The summed E-state index contributed by atoms with van der Waals surface area (Å²) in [5, 5.41) is 0. The van der Waals surface area contributed by atoms with Crippen LogP contribution in [0.15, 0.2) is 11.6 Å². The fourth-order valence-electron chi connectivity index (χ4n) is 1.90. The maximum Gasteiger partial charge on any atom is 0.239 e. The van der Waals surface area contributed by atoms with E-state index in [9.17, 15) is 4.79 Å². The van der Waals surface area contributed by atoms with Gasteiger partial charge >= 0.3 is 0 Å². The Bertz CT molecular complexity index is 264. The minimum atomic E-state index is -0.331. The van der Waals surface area contributed by atoms with E-state index in [4.69, 9.17) is 10.5 Å². The van der Waals surface area contributed by atoms with Gasteiger partial charge in [0.05, 0.1) is 12.6 Å². The molecule has 0 bridgehead atoms. The Morgan fingerprint density at radius 1 is 1.69 bits per heavy atom. The first-order valence-corrected chi connectivity index (χ1v) is 5.90. The molecule has 1 atom stereocenters. The zero-order valence-corrected chi connectivity index (χ0v) is 10.2. The zero-order valence-electron chi connectivity index (χ0n) is 10.2. The molecule has 1 heterocycles. The van der Waals surface area contributed by atoms with E-state index in [-0.39, 0.29) is 11.9 Å². The SMILES string of the molecule is CCCC(N)C(=O)N1CC=C(COC)CC1. The van der Waals surface area contributed by atoms with Crippen molar-refractivity contribution in [1.82, 2.24) is 4.90 Å². The Labute approximate surface area is 97.4 Å². The number of hydrogen-bond donors (Lipinski definition) is 1.